The molecule has 4 heterocycles. The number of piperidine rings is 1. The smallest absolute Gasteiger partial charge is 0.247 e. The number of nitrogens with zero attached hydrogens (tertiary/aromatic N) is 4. The largest absolute Gasteiger partial charge is 0.490 e. The van der Waals surface area contributed by atoms with Gasteiger partial charge in [0.1, 0.15) is 17.9 Å². The summed E-state index contributed by atoms with van der Waals surface area (Å²) in [5.74, 6) is 1.03. The minimum atomic E-state index is -0.249. The van der Waals surface area contributed by atoms with Gasteiger partial charge in [-0.2, -0.15) is 5.10 Å². The van der Waals surface area contributed by atoms with Crippen molar-refractivity contribution in [2.24, 2.45) is 0 Å². The first kappa shape index (κ1) is 15.2. The molecule has 6 nitrogen and oxygen atoms in total. The van der Waals surface area contributed by atoms with Crippen LogP contribution in [0.5, 0.6) is 5.75 Å². The Balaban J connectivity index is 1.44. The quantitative estimate of drug-likeness (QED) is 0.866. The predicted molar refractivity (Wildman–Crippen MR) is 88.5 cm³/mol. The summed E-state index contributed by atoms with van der Waals surface area (Å²) in [6.45, 7) is 1.92. The summed E-state index contributed by atoms with van der Waals surface area (Å²) in [6, 6.07) is 5.94. The second-order valence-electron chi connectivity index (χ2n) is 6.69. The van der Waals surface area contributed by atoms with Gasteiger partial charge in [0.05, 0.1) is 0 Å². The van der Waals surface area contributed by atoms with Crippen molar-refractivity contribution in [1.29, 1.82) is 0 Å². The SMILES string of the molecule is CC(C(=O)N1C2CCC1CC(Oc1ccncc1)C2)n1cccn1. The maximum atomic E-state index is 12.9. The van der Waals surface area contributed by atoms with Gasteiger partial charge in [-0.1, -0.05) is 0 Å². The summed E-state index contributed by atoms with van der Waals surface area (Å²) < 4.78 is 7.84. The zero-order valence-corrected chi connectivity index (χ0v) is 13.8. The van der Waals surface area contributed by atoms with E-state index in [1.54, 1.807) is 23.3 Å². The van der Waals surface area contributed by atoms with Crippen molar-refractivity contribution in [2.75, 3.05) is 0 Å². The summed E-state index contributed by atoms with van der Waals surface area (Å²) >= 11 is 0. The lowest BCUT2D eigenvalue weighted by molar-refractivity contribution is -0.140. The van der Waals surface area contributed by atoms with E-state index in [1.165, 1.54) is 0 Å². The first-order valence-electron chi connectivity index (χ1n) is 8.60. The highest BCUT2D eigenvalue weighted by Crippen LogP contribution is 2.38. The number of hydrogen-bond acceptors (Lipinski definition) is 4. The van der Waals surface area contributed by atoms with Gasteiger partial charge in [-0.05, 0) is 38.0 Å². The predicted octanol–water partition coefficient (Wildman–Crippen LogP) is 2.44. The van der Waals surface area contributed by atoms with Gasteiger partial charge in [-0.25, -0.2) is 0 Å². The van der Waals surface area contributed by atoms with Gasteiger partial charge < -0.3 is 9.64 Å². The lowest BCUT2D eigenvalue weighted by Crippen LogP contribution is -2.51. The number of fused-ring (bicyclic) bond motifs is 2. The first-order valence-corrected chi connectivity index (χ1v) is 8.60. The average Bonchev–Trinajstić information content (AvgIpc) is 3.22. The molecular formula is C18H22N4O2. The van der Waals surface area contributed by atoms with Gasteiger partial charge in [-0.15, -0.1) is 0 Å². The molecule has 126 valence electrons. The molecule has 1 amide bonds. The van der Waals surface area contributed by atoms with Crippen LogP contribution < -0.4 is 4.74 Å². The molecule has 2 saturated heterocycles. The molecule has 2 aliphatic heterocycles. The van der Waals surface area contributed by atoms with Crippen LogP contribution in [-0.2, 0) is 4.79 Å². The topological polar surface area (TPSA) is 60.3 Å². The molecule has 0 saturated carbocycles. The fraction of sp³-hybridized carbons (Fsp3) is 0.500. The van der Waals surface area contributed by atoms with E-state index in [-0.39, 0.29) is 30.1 Å². The minimum Gasteiger partial charge on any atom is -0.490 e. The van der Waals surface area contributed by atoms with Crippen LogP contribution >= 0.6 is 0 Å². The molecule has 2 fully saturated rings. The summed E-state index contributed by atoms with van der Waals surface area (Å²) in [6.07, 6.45) is 11.2. The number of carbonyl (C=O) groups excluding carboxylic acids is 1. The summed E-state index contributed by atoms with van der Waals surface area (Å²) in [4.78, 5) is 19.1. The highest BCUT2D eigenvalue weighted by Gasteiger charge is 2.45. The zero-order valence-electron chi connectivity index (χ0n) is 13.8. The Morgan fingerprint density at radius 1 is 1.21 bits per heavy atom. The molecule has 3 unspecified atom stereocenters. The van der Waals surface area contributed by atoms with Crippen molar-refractivity contribution in [2.45, 2.75) is 56.8 Å². The Kier molecular flexibility index (Phi) is 3.96. The summed E-state index contributed by atoms with van der Waals surface area (Å²) in [7, 11) is 0. The van der Waals surface area contributed by atoms with Crippen molar-refractivity contribution in [3.05, 3.63) is 43.0 Å². The third-order valence-corrected chi connectivity index (χ3v) is 5.18. The molecule has 4 rings (SSSR count). The molecule has 0 N–H and O–H groups in total. The van der Waals surface area contributed by atoms with Gasteiger partial charge in [0.15, 0.2) is 0 Å². The lowest BCUT2D eigenvalue weighted by atomic mass is 9.98. The van der Waals surface area contributed by atoms with Crippen LogP contribution in [0.2, 0.25) is 0 Å². The van der Waals surface area contributed by atoms with Crippen LogP contribution in [0, 0.1) is 0 Å². The number of pyridine rings is 1. The second-order valence-corrected chi connectivity index (χ2v) is 6.69. The van der Waals surface area contributed by atoms with Crippen molar-refractivity contribution in [1.82, 2.24) is 19.7 Å². The number of rotatable bonds is 4. The van der Waals surface area contributed by atoms with E-state index in [1.807, 2.05) is 31.3 Å². The Morgan fingerprint density at radius 3 is 2.54 bits per heavy atom. The number of carbonyl (C=O) groups is 1. The fourth-order valence-electron chi connectivity index (χ4n) is 4.03. The van der Waals surface area contributed by atoms with E-state index in [4.69, 9.17) is 4.74 Å². The Hall–Kier alpha value is -2.37. The van der Waals surface area contributed by atoms with Crippen molar-refractivity contribution in [3.63, 3.8) is 0 Å². The molecule has 2 aliphatic rings. The maximum absolute atomic E-state index is 12.9. The maximum Gasteiger partial charge on any atom is 0.247 e. The van der Waals surface area contributed by atoms with Gasteiger partial charge >= 0.3 is 0 Å². The Labute approximate surface area is 141 Å². The van der Waals surface area contributed by atoms with Gasteiger partial charge in [0, 0.05) is 49.7 Å². The number of aromatic nitrogens is 3. The first-order chi connectivity index (χ1) is 11.7. The Morgan fingerprint density at radius 2 is 1.92 bits per heavy atom. The molecule has 0 aromatic carbocycles. The molecule has 2 aromatic heterocycles. The number of hydrogen-bond donors (Lipinski definition) is 0. The van der Waals surface area contributed by atoms with Crippen LogP contribution in [0.4, 0.5) is 0 Å². The lowest BCUT2D eigenvalue weighted by Gasteiger charge is -2.40. The van der Waals surface area contributed by atoms with Crippen molar-refractivity contribution >= 4 is 5.91 Å². The van der Waals surface area contributed by atoms with E-state index in [2.05, 4.69) is 15.0 Å². The molecule has 0 spiro atoms. The molecule has 6 heteroatoms. The number of amides is 1. The van der Waals surface area contributed by atoms with E-state index < -0.39 is 0 Å². The molecule has 2 aromatic rings. The van der Waals surface area contributed by atoms with E-state index >= 15 is 0 Å². The standard InChI is InChI=1S/C18H22N4O2/c1-13(21-10-2-7-20-21)18(23)22-14-3-4-15(22)12-17(11-14)24-16-5-8-19-9-6-16/h2,5-10,13-15,17H,3-4,11-12H2,1H3. The Bertz CT molecular complexity index is 674. The molecule has 3 atom stereocenters. The highest BCUT2D eigenvalue weighted by atomic mass is 16.5. The van der Waals surface area contributed by atoms with Gasteiger partial charge in [0.25, 0.3) is 0 Å². The third-order valence-electron chi connectivity index (χ3n) is 5.18. The average molecular weight is 326 g/mol. The van der Waals surface area contributed by atoms with Crippen LogP contribution in [0.15, 0.2) is 43.0 Å². The number of ether oxygens (including phenoxy) is 1. The minimum absolute atomic E-state index is 0.175. The van der Waals surface area contributed by atoms with E-state index in [0.717, 1.165) is 31.4 Å². The summed E-state index contributed by atoms with van der Waals surface area (Å²) in [5.41, 5.74) is 0. The molecule has 2 bridgehead atoms. The molecule has 0 aliphatic carbocycles. The normalized spacial score (nSPS) is 27.0. The van der Waals surface area contributed by atoms with Gasteiger partial charge in [0.2, 0.25) is 5.91 Å². The second kappa shape index (κ2) is 6.26. The zero-order chi connectivity index (χ0) is 16.5. The van der Waals surface area contributed by atoms with E-state index in [9.17, 15) is 4.79 Å². The molecule has 24 heavy (non-hydrogen) atoms. The van der Waals surface area contributed by atoms with Crippen LogP contribution in [0.25, 0.3) is 0 Å². The van der Waals surface area contributed by atoms with E-state index in [0.29, 0.717) is 0 Å². The van der Waals surface area contributed by atoms with Crippen LogP contribution in [0.3, 0.4) is 0 Å². The van der Waals surface area contributed by atoms with Crippen molar-refractivity contribution < 1.29 is 9.53 Å². The van der Waals surface area contributed by atoms with Gasteiger partial charge in [-0.3, -0.25) is 14.5 Å². The van der Waals surface area contributed by atoms with Crippen LogP contribution in [0.1, 0.15) is 38.6 Å². The summed E-state index contributed by atoms with van der Waals surface area (Å²) in [5, 5.41) is 4.21. The van der Waals surface area contributed by atoms with Crippen LogP contribution in [-0.4, -0.2) is 43.8 Å². The fourth-order valence-corrected chi connectivity index (χ4v) is 4.03. The third kappa shape index (κ3) is 2.77. The molecular weight excluding hydrogens is 304 g/mol. The monoisotopic (exact) mass is 326 g/mol. The molecule has 0 radical (unpaired) electrons. The van der Waals surface area contributed by atoms with Crippen molar-refractivity contribution in [3.8, 4) is 5.75 Å². The highest BCUT2D eigenvalue weighted by molar-refractivity contribution is 5.81.